The van der Waals surface area contributed by atoms with Gasteiger partial charge in [-0.2, -0.15) is 0 Å². The van der Waals surface area contributed by atoms with Gasteiger partial charge in [0.15, 0.2) is 11.3 Å². The fourth-order valence-corrected chi connectivity index (χ4v) is 9.43. The lowest BCUT2D eigenvalue weighted by Gasteiger charge is -2.26. The first-order valence-corrected chi connectivity index (χ1v) is 20.6. The number of aryl methyl sites for hydroxylation is 2. The molecule has 2 aromatic carbocycles. The molecule has 7 heterocycles. The molecular weight excluding hydrogens is 737 g/mol. The van der Waals surface area contributed by atoms with E-state index in [4.69, 9.17) is 19.4 Å². The lowest BCUT2D eigenvalue weighted by molar-refractivity contribution is 0.356. The van der Waals surface area contributed by atoms with Gasteiger partial charge in [-0.05, 0) is 104 Å². The van der Waals surface area contributed by atoms with Crippen molar-refractivity contribution < 1.29 is 18.3 Å². The van der Waals surface area contributed by atoms with Crippen molar-refractivity contribution in [3.05, 3.63) is 118 Å². The Kier molecular flexibility index (Phi) is 10.5. The molecule has 4 aliphatic rings. The van der Waals surface area contributed by atoms with Crippen LogP contribution in [-0.4, -0.2) is 64.5 Å². The standard InChI is InChI=1S/C23H25FN4O.C22H24FN5O/c1-14-9-15(2)11-16(10-14)19-12-25-22(28-13-26-27-23(19)28)6-3-17-18-7-8-29-21(18)5-4-20(17)24;1-13-9-15(10-14(2)26-13)18-11-24-21(28-12-25-27-22(18)28)6-3-16-17-7-8-29-20(17)5-4-19(16)23/h4-5,10,12-15H,3,6-9,11H2,1-2H3;4-5,9,11-14,26H,3,6-8,10H2,1-2H3. The average molecular weight is 786 g/mol. The zero-order chi connectivity index (χ0) is 39.9. The largest absolute Gasteiger partial charge is 0.493 e. The SMILES string of the molecule is CC1C=C(c2cnc(CCc3c(F)ccc4c3CCO4)n3cnnc23)CC(C)C1.CC1C=C(c2cnc(CCc3c(F)ccc4c3CCO4)n3cnnc23)CC(C)N1. The van der Waals surface area contributed by atoms with Gasteiger partial charge in [-0.1, -0.05) is 26.0 Å². The quantitative estimate of drug-likeness (QED) is 0.167. The Morgan fingerprint density at radius 3 is 1.74 bits per heavy atom. The molecule has 6 aromatic rings. The van der Waals surface area contributed by atoms with Crippen LogP contribution in [0.5, 0.6) is 11.5 Å². The third-order valence-electron chi connectivity index (χ3n) is 11.9. The van der Waals surface area contributed by atoms with Gasteiger partial charge in [0.2, 0.25) is 0 Å². The minimum atomic E-state index is -0.172. The summed E-state index contributed by atoms with van der Waals surface area (Å²) in [5.41, 5.74) is 9.73. The third kappa shape index (κ3) is 7.47. The van der Waals surface area contributed by atoms with Gasteiger partial charge in [-0.25, -0.2) is 18.7 Å². The van der Waals surface area contributed by atoms with Crippen molar-refractivity contribution in [2.75, 3.05) is 13.2 Å². The molecule has 0 spiro atoms. The Morgan fingerprint density at radius 1 is 0.690 bits per heavy atom. The monoisotopic (exact) mass is 785 g/mol. The van der Waals surface area contributed by atoms with Crippen LogP contribution < -0.4 is 14.8 Å². The Hall–Kier alpha value is -5.56. The van der Waals surface area contributed by atoms with Gasteiger partial charge in [0.05, 0.1) is 13.2 Å². The predicted octanol–water partition coefficient (Wildman–Crippen LogP) is 7.57. The van der Waals surface area contributed by atoms with Crippen LogP contribution >= 0.6 is 0 Å². The molecule has 0 amide bonds. The number of benzene rings is 2. The summed E-state index contributed by atoms with van der Waals surface area (Å²) < 4.78 is 44.0. The van der Waals surface area contributed by atoms with E-state index in [-0.39, 0.29) is 11.6 Å². The van der Waals surface area contributed by atoms with Crippen molar-refractivity contribution in [1.82, 2.24) is 44.5 Å². The van der Waals surface area contributed by atoms with Crippen LogP contribution in [0.4, 0.5) is 8.78 Å². The zero-order valence-electron chi connectivity index (χ0n) is 33.5. The molecule has 4 atom stereocenters. The summed E-state index contributed by atoms with van der Waals surface area (Å²) in [4.78, 5) is 9.44. The van der Waals surface area contributed by atoms with Crippen molar-refractivity contribution in [2.45, 2.75) is 97.6 Å². The van der Waals surface area contributed by atoms with Gasteiger partial charge >= 0.3 is 0 Å². The first-order chi connectivity index (χ1) is 28.2. The van der Waals surface area contributed by atoms with Crippen LogP contribution in [0.15, 0.2) is 61.5 Å². The number of fused-ring (bicyclic) bond motifs is 4. The topological polar surface area (TPSA) is 117 Å². The van der Waals surface area contributed by atoms with E-state index < -0.39 is 0 Å². The number of halogens is 2. The highest BCUT2D eigenvalue weighted by Gasteiger charge is 2.25. The van der Waals surface area contributed by atoms with Crippen LogP contribution in [0, 0.1) is 23.5 Å². The highest BCUT2D eigenvalue weighted by Crippen LogP contribution is 2.36. The molecule has 10 rings (SSSR count). The molecule has 58 heavy (non-hydrogen) atoms. The summed E-state index contributed by atoms with van der Waals surface area (Å²) >= 11 is 0. The summed E-state index contributed by atoms with van der Waals surface area (Å²) in [5.74, 6) is 4.17. The molecule has 1 aliphatic carbocycles. The minimum Gasteiger partial charge on any atom is -0.493 e. The number of allylic oxidation sites excluding steroid dienone is 2. The van der Waals surface area contributed by atoms with Gasteiger partial charge in [-0.15, -0.1) is 20.4 Å². The van der Waals surface area contributed by atoms with Gasteiger partial charge in [0, 0.05) is 72.4 Å². The van der Waals surface area contributed by atoms with Crippen molar-refractivity contribution in [1.29, 1.82) is 0 Å². The second-order valence-electron chi connectivity index (χ2n) is 16.4. The molecular formula is C45H49F2N9O2. The van der Waals surface area contributed by atoms with Crippen molar-refractivity contribution in [3.8, 4) is 11.5 Å². The smallest absolute Gasteiger partial charge is 0.171 e. The van der Waals surface area contributed by atoms with Crippen LogP contribution in [0.1, 0.15) is 92.0 Å². The fourth-order valence-electron chi connectivity index (χ4n) is 9.43. The first-order valence-electron chi connectivity index (χ1n) is 20.6. The number of aromatic nitrogens is 8. The maximum absolute atomic E-state index is 14.5. The average Bonchev–Trinajstić information content (AvgIpc) is 4.04. The zero-order valence-corrected chi connectivity index (χ0v) is 33.5. The summed E-state index contributed by atoms with van der Waals surface area (Å²) in [7, 11) is 0. The van der Waals surface area contributed by atoms with Gasteiger partial charge in [0.1, 0.15) is 47.4 Å². The van der Waals surface area contributed by atoms with Crippen molar-refractivity contribution >= 4 is 22.4 Å². The molecule has 11 nitrogen and oxygen atoms in total. The number of hydrogen-bond donors (Lipinski definition) is 1. The Bertz CT molecular complexity index is 2390. The Labute approximate surface area is 336 Å². The molecule has 0 fully saturated rings. The lowest BCUT2D eigenvalue weighted by atomic mass is 9.82. The second-order valence-corrected chi connectivity index (χ2v) is 16.4. The maximum atomic E-state index is 14.5. The van der Waals surface area contributed by atoms with E-state index in [1.165, 1.54) is 29.7 Å². The molecule has 0 saturated heterocycles. The van der Waals surface area contributed by atoms with Crippen molar-refractivity contribution in [3.63, 3.8) is 0 Å². The fraction of sp³-hybridized carbons (Fsp3) is 0.422. The second kappa shape index (κ2) is 16.0. The molecule has 4 aromatic heterocycles. The number of nitrogens with one attached hydrogen (secondary N) is 1. The van der Waals surface area contributed by atoms with E-state index in [0.717, 1.165) is 93.5 Å². The van der Waals surface area contributed by atoms with E-state index in [0.29, 0.717) is 62.8 Å². The predicted molar refractivity (Wildman–Crippen MR) is 218 cm³/mol. The van der Waals surface area contributed by atoms with E-state index in [2.05, 4.69) is 65.6 Å². The third-order valence-corrected chi connectivity index (χ3v) is 11.9. The molecule has 300 valence electrons. The van der Waals surface area contributed by atoms with Crippen LogP contribution in [-0.2, 0) is 38.5 Å². The minimum absolute atomic E-state index is 0.166. The number of ether oxygens (including phenoxy) is 2. The summed E-state index contributed by atoms with van der Waals surface area (Å²) in [6, 6.07) is 7.16. The molecule has 1 N–H and O–H groups in total. The van der Waals surface area contributed by atoms with Gasteiger partial charge < -0.3 is 14.8 Å². The lowest BCUT2D eigenvalue weighted by Crippen LogP contribution is -2.36. The van der Waals surface area contributed by atoms with Crippen molar-refractivity contribution in [2.24, 2.45) is 11.8 Å². The Morgan fingerprint density at radius 2 is 1.22 bits per heavy atom. The highest BCUT2D eigenvalue weighted by molar-refractivity contribution is 5.77. The number of rotatable bonds is 8. The van der Waals surface area contributed by atoms with E-state index in [1.807, 2.05) is 21.2 Å². The van der Waals surface area contributed by atoms with Crippen LogP contribution in [0.25, 0.3) is 22.4 Å². The summed E-state index contributed by atoms with van der Waals surface area (Å²) in [6.07, 6.45) is 18.9. The molecule has 0 radical (unpaired) electrons. The summed E-state index contributed by atoms with van der Waals surface area (Å²) in [6.45, 7) is 10.1. The number of nitrogens with zero attached hydrogens (tertiary/aromatic N) is 8. The normalized spacial score (nSPS) is 21.1. The van der Waals surface area contributed by atoms with Gasteiger partial charge in [0.25, 0.3) is 0 Å². The first kappa shape index (κ1) is 38.0. The molecule has 0 saturated carbocycles. The molecule has 3 aliphatic heterocycles. The highest BCUT2D eigenvalue weighted by atomic mass is 19.1. The molecule has 0 bridgehead atoms. The van der Waals surface area contributed by atoms with Crippen LogP contribution in [0.2, 0.25) is 0 Å². The van der Waals surface area contributed by atoms with Gasteiger partial charge in [-0.3, -0.25) is 8.80 Å². The van der Waals surface area contributed by atoms with E-state index in [1.54, 1.807) is 24.8 Å². The maximum Gasteiger partial charge on any atom is 0.171 e. The van der Waals surface area contributed by atoms with E-state index >= 15 is 0 Å². The van der Waals surface area contributed by atoms with E-state index in [9.17, 15) is 8.78 Å². The summed E-state index contributed by atoms with van der Waals surface area (Å²) in [5, 5.41) is 20.5. The molecule has 4 unspecified atom stereocenters. The Balaban J connectivity index is 0.000000150. The molecule has 13 heteroatoms. The number of hydrogen-bond acceptors (Lipinski definition) is 9. The van der Waals surface area contributed by atoms with Crippen LogP contribution in [0.3, 0.4) is 0 Å².